The summed E-state index contributed by atoms with van der Waals surface area (Å²) in [6.45, 7) is 6.47. The molecule has 1 fully saturated rings. The van der Waals surface area contributed by atoms with E-state index < -0.39 is 0 Å². The maximum absolute atomic E-state index is 6.15. The van der Waals surface area contributed by atoms with Gasteiger partial charge in [0.2, 0.25) is 0 Å². The van der Waals surface area contributed by atoms with Gasteiger partial charge in [0.25, 0.3) is 0 Å². The zero-order chi connectivity index (χ0) is 11.3. The first-order chi connectivity index (χ1) is 7.62. The van der Waals surface area contributed by atoms with Crippen molar-refractivity contribution in [1.29, 1.82) is 0 Å². The molecule has 2 aliphatic rings. The molecule has 3 rings (SSSR count). The molecule has 0 radical (unpaired) electrons. The summed E-state index contributed by atoms with van der Waals surface area (Å²) in [6.07, 6.45) is 1.47. The number of benzene rings is 1. The fourth-order valence-corrected chi connectivity index (χ4v) is 3.23. The smallest absolute Gasteiger partial charge is 0.114 e. The first-order valence-corrected chi connectivity index (χ1v) is 6.17. The number of hydrogen-bond acceptors (Lipinski definition) is 2. The van der Waals surface area contributed by atoms with Crippen molar-refractivity contribution in [3.63, 3.8) is 0 Å². The van der Waals surface area contributed by atoms with Gasteiger partial charge in [0.05, 0.1) is 12.1 Å². The summed E-state index contributed by atoms with van der Waals surface area (Å²) in [5.41, 5.74) is 2.73. The third-order valence-electron chi connectivity index (χ3n) is 3.83. The maximum atomic E-state index is 6.15. The van der Waals surface area contributed by atoms with Crippen LogP contribution in [0.1, 0.15) is 50.3 Å². The SMILES string of the molecule is CCC1c2ccccc2[C@@H]2NC(C)(C)O[C@H]12. The lowest BCUT2D eigenvalue weighted by Crippen LogP contribution is -2.35. The molecule has 1 aliphatic heterocycles. The molecule has 1 aliphatic carbocycles. The summed E-state index contributed by atoms with van der Waals surface area (Å²) in [4.78, 5) is 0. The van der Waals surface area contributed by atoms with E-state index in [0.29, 0.717) is 18.1 Å². The minimum atomic E-state index is -0.184. The number of hydrogen-bond donors (Lipinski definition) is 1. The Bertz CT molecular complexity index is 413. The zero-order valence-electron chi connectivity index (χ0n) is 10.2. The normalized spacial score (nSPS) is 34.8. The van der Waals surface area contributed by atoms with Gasteiger partial charge in [-0.05, 0) is 31.4 Å². The fraction of sp³-hybridized carbons (Fsp3) is 0.571. The van der Waals surface area contributed by atoms with Crippen LogP contribution in [0, 0.1) is 0 Å². The average molecular weight is 217 g/mol. The predicted molar refractivity (Wildman–Crippen MR) is 64.3 cm³/mol. The van der Waals surface area contributed by atoms with Crippen LogP contribution in [0.4, 0.5) is 0 Å². The number of rotatable bonds is 1. The predicted octanol–water partition coefficient (Wildman–Crippen LogP) is 2.96. The van der Waals surface area contributed by atoms with E-state index in [2.05, 4.69) is 50.4 Å². The molecular formula is C14H19NO. The first kappa shape index (κ1) is 10.3. The zero-order valence-corrected chi connectivity index (χ0v) is 10.2. The molecule has 0 bridgehead atoms. The Balaban J connectivity index is 2.05. The molecule has 86 valence electrons. The Hall–Kier alpha value is -0.860. The molecule has 0 amide bonds. The van der Waals surface area contributed by atoms with E-state index in [1.54, 1.807) is 0 Å². The van der Waals surface area contributed by atoms with Crippen LogP contribution in [0.15, 0.2) is 24.3 Å². The van der Waals surface area contributed by atoms with Crippen molar-refractivity contribution in [3.05, 3.63) is 35.4 Å². The molecule has 3 atom stereocenters. The van der Waals surface area contributed by atoms with Gasteiger partial charge in [-0.25, -0.2) is 0 Å². The minimum Gasteiger partial charge on any atom is -0.355 e. The van der Waals surface area contributed by atoms with Gasteiger partial charge in [-0.15, -0.1) is 0 Å². The second kappa shape index (κ2) is 3.31. The van der Waals surface area contributed by atoms with Crippen molar-refractivity contribution in [3.8, 4) is 0 Å². The van der Waals surface area contributed by atoms with Crippen molar-refractivity contribution in [2.75, 3.05) is 0 Å². The van der Waals surface area contributed by atoms with Crippen molar-refractivity contribution in [1.82, 2.24) is 5.32 Å². The van der Waals surface area contributed by atoms with Crippen LogP contribution in [-0.4, -0.2) is 11.8 Å². The molecule has 0 spiro atoms. The van der Waals surface area contributed by atoms with Gasteiger partial charge >= 0.3 is 0 Å². The van der Waals surface area contributed by atoms with Crippen molar-refractivity contribution in [2.24, 2.45) is 0 Å². The Morgan fingerprint density at radius 1 is 1.25 bits per heavy atom. The number of ether oxygens (including phenoxy) is 1. The van der Waals surface area contributed by atoms with Gasteiger partial charge in [0, 0.05) is 5.92 Å². The second-order valence-corrected chi connectivity index (χ2v) is 5.36. The summed E-state index contributed by atoms with van der Waals surface area (Å²) in [6, 6.07) is 9.13. The molecule has 2 heteroatoms. The maximum Gasteiger partial charge on any atom is 0.114 e. The highest BCUT2D eigenvalue weighted by Gasteiger charge is 2.49. The molecular weight excluding hydrogens is 198 g/mol. The quantitative estimate of drug-likeness (QED) is 0.781. The van der Waals surface area contributed by atoms with E-state index in [9.17, 15) is 0 Å². The largest absolute Gasteiger partial charge is 0.355 e. The van der Waals surface area contributed by atoms with Crippen LogP contribution in [0.5, 0.6) is 0 Å². The van der Waals surface area contributed by atoms with Crippen molar-refractivity contribution in [2.45, 2.75) is 51.0 Å². The molecule has 16 heavy (non-hydrogen) atoms. The van der Waals surface area contributed by atoms with E-state index in [0.717, 1.165) is 6.42 Å². The standard InChI is InChI=1S/C14H19NO/c1-4-9-10-7-5-6-8-11(10)12-13(9)16-14(2,3)15-12/h5-9,12-13,15H,4H2,1-3H3/t9?,12-,13+/m0/s1. The van der Waals surface area contributed by atoms with Crippen molar-refractivity contribution < 1.29 is 4.74 Å². The molecule has 1 aromatic carbocycles. The van der Waals surface area contributed by atoms with E-state index >= 15 is 0 Å². The Morgan fingerprint density at radius 2 is 1.94 bits per heavy atom. The van der Waals surface area contributed by atoms with Crippen LogP contribution < -0.4 is 5.32 Å². The summed E-state index contributed by atoms with van der Waals surface area (Å²) >= 11 is 0. The minimum absolute atomic E-state index is 0.184. The van der Waals surface area contributed by atoms with Gasteiger partial charge in [0.1, 0.15) is 5.72 Å². The summed E-state index contributed by atoms with van der Waals surface area (Å²) in [7, 11) is 0. The van der Waals surface area contributed by atoms with Crippen LogP contribution in [0.2, 0.25) is 0 Å². The molecule has 1 heterocycles. The highest BCUT2D eigenvalue weighted by atomic mass is 16.5. The lowest BCUT2D eigenvalue weighted by atomic mass is 9.97. The van der Waals surface area contributed by atoms with Crippen molar-refractivity contribution >= 4 is 0 Å². The summed E-state index contributed by atoms with van der Waals surface area (Å²) in [5.74, 6) is 0.551. The number of fused-ring (bicyclic) bond motifs is 3. The van der Waals surface area contributed by atoms with Gasteiger partial charge in [-0.3, -0.25) is 5.32 Å². The number of nitrogens with one attached hydrogen (secondary N) is 1. The van der Waals surface area contributed by atoms with Crippen LogP contribution in [-0.2, 0) is 4.74 Å². The Labute approximate surface area is 97.0 Å². The highest BCUT2D eigenvalue weighted by Crippen LogP contribution is 2.48. The van der Waals surface area contributed by atoms with Gasteiger partial charge < -0.3 is 4.74 Å². The third-order valence-corrected chi connectivity index (χ3v) is 3.83. The fourth-order valence-electron chi connectivity index (χ4n) is 3.23. The van der Waals surface area contributed by atoms with E-state index in [4.69, 9.17) is 4.74 Å². The van der Waals surface area contributed by atoms with E-state index in [1.165, 1.54) is 11.1 Å². The third kappa shape index (κ3) is 1.33. The lowest BCUT2D eigenvalue weighted by Gasteiger charge is -2.23. The second-order valence-electron chi connectivity index (χ2n) is 5.36. The monoisotopic (exact) mass is 217 g/mol. The molecule has 0 aromatic heterocycles. The lowest BCUT2D eigenvalue weighted by molar-refractivity contribution is -0.0338. The molecule has 2 nitrogen and oxygen atoms in total. The Kier molecular flexibility index (Phi) is 2.13. The first-order valence-electron chi connectivity index (χ1n) is 6.17. The molecule has 1 aromatic rings. The van der Waals surface area contributed by atoms with Gasteiger partial charge in [-0.1, -0.05) is 31.2 Å². The van der Waals surface area contributed by atoms with Crippen LogP contribution >= 0.6 is 0 Å². The molecule has 1 unspecified atom stereocenters. The highest BCUT2D eigenvalue weighted by molar-refractivity contribution is 5.41. The van der Waals surface area contributed by atoms with E-state index in [-0.39, 0.29) is 5.72 Å². The van der Waals surface area contributed by atoms with Crippen LogP contribution in [0.25, 0.3) is 0 Å². The average Bonchev–Trinajstić information content (AvgIpc) is 2.69. The van der Waals surface area contributed by atoms with Gasteiger partial charge in [0.15, 0.2) is 0 Å². The Morgan fingerprint density at radius 3 is 2.62 bits per heavy atom. The topological polar surface area (TPSA) is 21.3 Å². The molecule has 1 N–H and O–H groups in total. The summed E-state index contributed by atoms with van der Waals surface area (Å²) in [5, 5.41) is 3.59. The van der Waals surface area contributed by atoms with Crippen LogP contribution in [0.3, 0.4) is 0 Å². The molecule has 1 saturated heterocycles. The van der Waals surface area contributed by atoms with E-state index in [1.807, 2.05) is 0 Å². The molecule has 0 saturated carbocycles. The van der Waals surface area contributed by atoms with Gasteiger partial charge in [-0.2, -0.15) is 0 Å². The summed E-state index contributed by atoms with van der Waals surface area (Å²) < 4.78 is 6.15.